The van der Waals surface area contributed by atoms with Crippen LogP contribution < -0.4 is 24.4 Å². The summed E-state index contributed by atoms with van der Waals surface area (Å²) in [6, 6.07) is 5.51. The van der Waals surface area contributed by atoms with Gasteiger partial charge in [0.1, 0.15) is 17.0 Å². The number of ether oxygens (including phenoxy) is 1. The van der Waals surface area contributed by atoms with Gasteiger partial charge < -0.3 is 14.6 Å². The van der Waals surface area contributed by atoms with Gasteiger partial charge in [0.15, 0.2) is 5.78 Å². The van der Waals surface area contributed by atoms with Crippen molar-refractivity contribution in [2.45, 2.75) is 26.3 Å². The number of anilines is 1. The average molecular weight is 413 g/mol. The van der Waals surface area contributed by atoms with E-state index in [2.05, 4.69) is 4.98 Å². The maximum atomic E-state index is 12.7. The fourth-order valence-corrected chi connectivity index (χ4v) is 4.59. The summed E-state index contributed by atoms with van der Waals surface area (Å²) in [7, 11) is 1.90. The normalized spacial score (nSPS) is 21.3. The highest BCUT2D eigenvalue weighted by atomic mass is 32.1. The largest absolute Gasteiger partial charge is 0.490 e. The Hall–Kier alpha value is -2.71. The third-order valence-electron chi connectivity index (χ3n) is 5.64. The molecular formula is C21H23N3O4S. The van der Waals surface area contributed by atoms with Crippen LogP contribution in [0.1, 0.15) is 26.3 Å². The Kier molecular flexibility index (Phi) is 4.71. The third-order valence-corrected chi connectivity index (χ3v) is 6.72. The first kappa shape index (κ1) is 19.6. The Labute approximate surface area is 171 Å². The number of thiazole rings is 1. The van der Waals surface area contributed by atoms with Gasteiger partial charge in [-0.3, -0.25) is 19.3 Å². The number of carbonyl (C=O) groups is 2. The summed E-state index contributed by atoms with van der Waals surface area (Å²) in [4.78, 5) is 43.6. The van der Waals surface area contributed by atoms with E-state index >= 15 is 0 Å². The van der Waals surface area contributed by atoms with Crippen LogP contribution in [0.4, 0.5) is 5.69 Å². The number of fused-ring (bicyclic) bond motifs is 1. The first-order valence-corrected chi connectivity index (χ1v) is 10.2. The van der Waals surface area contributed by atoms with Gasteiger partial charge in [-0.2, -0.15) is 0 Å². The molecule has 152 valence electrons. The molecule has 0 unspecified atom stereocenters. The number of hydrogen-bond acceptors (Lipinski definition) is 6. The Morgan fingerprint density at radius 3 is 2.72 bits per heavy atom. The highest BCUT2D eigenvalue weighted by Crippen LogP contribution is 2.32. The molecule has 2 aromatic rings. The van der Waals surface area contributed by atoms with E-state index in [9.17, 15) is 14.4 Å². The van der Waals surface area contributed by atoms with Crippen LogP contribution in [0.5, 0.6) is 5.75 Å². The van der Waals surface area contributed by atoms with Crippen LogP contribution >= 0.6 is 11.3 Å². The quantitative estimate of drug-likeness (QED) is 0.734. The number of ketones is 1. The highest BCUT2D eigenvalue weighted by molar-refractivity contribution is 7.07. The molecule has 0 atom stereocenters. The van der Waals surface area contributed by atoms with E-state index in [4.69, 9.17) is 4.74 Å². The maximum absolute atomic E-state index is 12.7. The van der Waals surface area contributed by atoms with Crippen molar-refractivity contribution in [1.82, 2.24) is 9.88 Å². The number of amides is 1. The van der Waals surface area contributed by atoms with Gasteiger partial charge >= 0.3 is 0 Å². The summed E-state index contributed by atoms with van der Waals surface area (Å²) < 4.78 is 6.75. The molecule has 1 aromatic carbocycles. The number of likely N-dealkylation sites (tertiary alicyclic amines) is 1. The molecule has 0 saturated carbocycles. The van der Waals surface area contributed by atoms with E-state index in [1.165, 1.54) is 18.3 Å². The molecule has 2 aliphatic rings. The molecule has 1 amide bonds. The molecule has 29 heavy (non-hydrogen) atoms. The van der Waals surface area contributed by atoms with Crippen molar-refractivity contribution in [1.29, 1.82) is 0 Å². The zero-order valence-corrected chi connectivity index (χ0v) is 17.7. The number of benzene rings is 1. The molecule has 1 saturated heterocycles. The van der Waals surface area contributed by atoms with Crippen molar-refractivity contribution < 1.29 is 14.3 Å². The van der Waals surface area contributed by atoms with Crippen LogP contribution in [0.25, 0.3) is 11.6 Å². The predicted octanol–water partition coefficient (Wildman–Crippen LogP) is 0.454. The minimum atomic E-state index is -0.575. The molecule has 8 heteroatoms. The van der Waals surface area contributed by atoms with E-state index in [-0.39, 0.29) is 17.2 Å². The monoisotopic (exact) mass is 413 g/mol. The minimum absolute atomic E-state index is 0.0343. The molecule has 7 nitrogen and oxygen atoms in total. The first-order valence-electron chi connectivity index (χ1n) is 9.43. The molecule has 0 radical (unpaired) electrons. The number of nitrogens with zero attached hydrogens (tertiary/aromatic N) is 2. The molecule has 0 spiro atoms. The van der Waals surface area contributed by atoms with Crippen molar-refractivity contribution in [3.8, 4) is 5.75 Å². The molecule has 0 bridgehead atoms. The summed E-state index contributed by atoms with van der Waals surface area (Å²) >= 11 is 1.28. The van der Waals surface area contributed by atoms with Crippen molar-refractivity contribution >= 4 is 40.4 Å². The molecular weight excluding hydrogens is 390 g/mol. The lowest BCUT2D eigenvalue weighted by Gasteiger charge is -2.28. The number of aromatic nitrogens is 1. The number of hydrogen-bond donors (Lipinski definition) is 1. The van der Waals surface area contributed by atoms with E-state index in [0.717, 1.165) is 5.56 Å². The second kappa shape index (κ2) is 6.96. The van der Waals surface area contributed by atoms with Gasteiger partial charge in [-0.1, -0.05) is 6.07 Å². The van der Waals surface area contributed by atoms with Gasteiger partial charge in [0, 0.05) is 19.0 Å². The molecule has 1 N–H and O–H groups in total. The lowest BCUT2D eigenvalue weighted by molar-refractivity contribution is -0.119. The zero-order valence-electron chi connectivity index (χ0n) is 16.9. The lowest BCUT2D eigenvalue weighted by Crippen LogP contribution is -2.40. The average Bonchev–Trinajstić information content (AvgIpc) is 3.13. The minimum Gasteiger partial charge on any atom is -0.490 e. The topological polar surface area (TPSA) is 82.7 Å². The molecule has 4 rings (SSSR count). The van der Waals surface area contributed by atoms with Crippen molar-refractivity contribution in [3.05, 3.63) is 43.3 Å². The van der Waals surface area contributed by atoms with Crippen LogP contribution in [0.15, 0.2) is 23.0 Å². The predicted molar refractivity (Wildman–Crippen MR) is 113 cm³/mol. The van der Waals surface area contributed by atoms with Gasteiger partial charge in [0.25, 0.3) is 5.56 Å². The number of likely N-dealkylation sites (N-methyl/N-ethyl adjacent to an activating group) is 1. The van der Waals surface area contributed by atoms with Crippen LogP contribution in [-0.2, 0) is 9.59 Å². The second-order valence-electron chi connectivity index (χ2n) is 7.86. The standard InChI is InChI=1S/C21H23N3O4S/c1-12(25)24-7-8-28-16-6-5-13(9-15(16)24)10-17-19(27)22-20(29-17)14-11-23(4)21(2,3)18(14)26/h5-6,9-10H,7-8,11H2,1-4H3,(H,22,27)/b17-10-,20-14+. The number of Topliss-reactive ketones (excluding diaryl/α,β-unsaturated/α-hetero) is 1. The summed E-state index contributed by atoms with van der Waals surface area (Å²) in [6.45, 7) is 6.76. The van der Waals surface area contributed by atoms with Gasteiger partial charge in [-0.25, -0.2) is 0 Å². The number of aromatic amines is 1. The van der Waals surface area contributed by atoms with Gasteiger partial charge in [-0.15, -0.1) is 11.3 Å². The maximum Gasteiger partial charge on any atom is 0.266 e. The Morgan fingerprint density at radius 2 is 2.07 bits per heavy atom. The summed E-state index contributed by atoms with van der Waals surface area (Å²) in [6.07, 6.45) is 1.77. The van der Waals surface area contributed by atoms with Gasteiger partial charge in [0.05, 0.1) is 22.3 Å². The van der Waals surface area contributed by atoms with E-state index in [1.807, 2.05) is 44.0 Å². The third kappa shape index (κ3) is 3.32. The number of rotatable bonds is 1. The first-order chi connectivity index (χ1) is 13.7. The number of carbonyl (C=O) groups excluding carboxylic acids is 2. The smallest absolute Gasteiger partial charge is 0.266 e. The highest BCUT2D eigenvalue weighted by Gasteiger charge is 2.41. The van der Waals surface area contributed by atoms with Crippen molar-refractivity contribution in [2.75, 3.05) is 31.6 Å². The molecule has 1 fully saturated rings. The Morgan fingerprint density at radius 1 is 1.31 bits per heavy atom. The van der Waals surface area contributed by atoms with Crippen LogP contribution in [0, 0.1) is 0 Å². The lowest BCUT2D eigenvalue weighted by atomic mass is 9.99. The van der Waals surface area contributed by atoms with E-state index in [1.54, 1.807) is 11.0 Å². The van der Waals surface area contributed by atoms with Gasteiger partial charge in [0.2, 0.25) is 5.91 Å². The summed E-state index contributed by atoms with van der Waals surface area (Å²) in [5.41, 5.74) is 1.33. The van der Waals surface area contributed by atoms with Crippen LogP contribution in [0.2, 0.25) is 0 Å². The molecule has 3 heterocycles. The zero-order chi connectivity index (χ0) is 20.9. The van der Waals surface area contributed by atoms with E-state index < -0.39 is 5.54 Å². The van der Waals surface area contributed by atoms with E-state index in [0.29, 0.717) is 45.9 Å². The van der Waals surface area contributed by atoms with Crippen LogP contribution in [-0.4, -0.2) is 53.9 Å². The molecule has 0 aliphatic carbocycles. The summed E-state index contributed by atoms with van der Waals surface area (Å²) in [5, 5.41) is 0. The fraction of sp³-hybridized carbons (Fsp3) is 0.381. The Balaban J connectivity index is 1.79. The molecule has 1 aromatic heterocycles. The fourth-order valence-electron chi connectivity index (χ4n) is 3.61. The number of H-pyrrole nitrogens is 1. The SMILES string of the molecule is CC(=O)N1CCOc2ccc(/C=c3\s/c(=C4\CN(C)C(C)(C)C4=O)[nH]c3=O)cc21. The van der Waals surface area contributed by atoms with Gasteiger partial charge in [-0.05, 0) is 44.7 Å². The Bertz CT molecular complexity index is 1190. The number of nitrogens with one attached hydrogen (secondary N) is 1. The van der Waals surface area contributed by atoms with Crippen molar-refractivity contribution in [3.63, 3.8) is 0 Å². The van der Waals surface area contributed by atoms with Crippen LogP contribution in [0.3, 0.4) is 0 Å². The second-order valence-corrected chi connectivity index (χ2v) is 8.92. The summed E-state index contributed by atoms with van der Waals surface area (Å²) in [5.74, 6) is 0.639. The molecule has 2 aliphatic heterocycles. The van der Waals surface area contributed by atoms with Crippen molar-refractivity contribution in [2.24, 2.45) is 0 Å².